The Balaban J connectivity index is 2.02. The summed E-state index contributed by atoms with van der Waals surface area (Å²) in [5.41, 5.74) is 4.36. The molecule has 0 bridgehead atoms. The SMILES string of the molecule is Cc1ccc(/C=C/c2oc3ccccc3c2NC(C)(C)C)cc1. The first-order chi connectivity index (χ1) is 10.9. The van der Waals surface area contributed by atoms with Crippen LogP contribution in [0, 0.1) is 6.92 Å². The van der Waals surface area contributed by atoms with Crippen LogP contribution in [-0.4, -0.2) is 5.54 Å². The lowest BCUT2D eigenvalue weighted by Crippen LogP contribution is -2.26. The molecular formula is C21H23NO. The molecule has 2 aromatic carbocycles. The molecule has 0 aliphatic heterocycles. The van der Waals surface area contributed by atoms with E-state index in [-0.39, 0.29) is 5.54 Å². The second-order valence-corrected chi connectivity index (χ2v) is 6.96. The molecule has 0 amide bonds. The lowest BCUT2D eigenvalue weighted by atomic mass is 10.1. The largest absolute Gasteiger partial charge is 0.454 e. The van der Waals surface area contributed by atoms with Crippen molar-refractivity contribution in [1.29, 1.82) is 0 Å². The number of fused-ring (bicyclic) bond motifs is 1. The Morgan fingerprint density at radius 1 is 0.913 bits per heavy atom. The van der Waals surface area contributed by atoms with Crippen molar-refractivity contribution < 1.29 is 4.42 Å². The highest BCUT2D eigenvalue weighted by molar-refractivity contribution is 5.96. The third kappa shape index (κ3) is 3.65. The molecule has 23 heavy (non-hydrogen) atoms. The maximum Gasteiger partial charge on any atom is 0.151 e. The van der Waals surface area contributed by atoms with E-state index in [2.05, 4.69) is 69.4 Å². The van der Waals surface area contributed by atoms with Crippen molar-refractivity contribution >= 4 is 28.8 Å². The van der Waals surface area contributed by atoms with Crippen LogP contribution < -0.4 is 5.32 Å². The molecule has 1 aromatic heterocycles. The van der Waals surface area contributed by atoms with Crippen molar-refractivity contribution in [1.82, 2.24) is 0 Å². The van der Waals surface area contributed by atoms with E-state index in [1.54, 1.807) is 0 Å². The zero-order valence-electron chi connectivity index (χ0n) is 14.2. The van der Waals surface area contributed by atoms with E-state index < -0.39 is 0 Å². The van der Waals surface area contributed by atoms with E-state index in [1.165, 1.54) is 5.56 Å². The third-order valence-electron chi connectivity index (χ3n) is 3.63. The average Bonchev–Trinajstić information content (AvgIpc) is 2.83. The summed E-state index contributed by atoms with van der Waals surface area (Å²) in [5.74, 6) is 0.863. The van der Waals surface area contributed by atoms with Crippen LogP contribution in [0.15, 0.2) is 52.9 Å². The minimum absolute atomic E-state index is 0.0287. The fourth-order valence-corrected chi connectivity index (χ4v) is 2.54. The standard InChI is InChI=1S/C21H23NO/c1-15-9-11-16(12-10-15)13-14-19-20(22-21(2,3)4)17-7-5-6-8-18(17)23-19/h5-14,22H,1-4H3/b14-13+. The molecule has 3 aromatic rings. The Hall–Kier alpha value is -2.48. The predicted molar refractivity (Wildman–Crippen MR) is 99.7 cm³/mol. The Morgan fingerprint density at radius 3 is 2.30 bits per heavy atom. The number of hydrogen-bond donors (Lipinski definition) is 1. The van der Waals surface area contributed by atoms with Crippen LogP contribution in [0.4, 0.5) is 5.69 Å². The second-order valence-electron chi connectivity index (χ2n) is 6.96. The van der Waals surface area contributed by atoms with Gasteiger partial charge >= 0.3 is 0 Å². The Bertz CT molecular complexity index is 832. The van der Waals surface area contributed by atoms with Crippen LogP contribution in [0.3, 0.4) is 0 Å². The topological polar surface area (TPSA) is 25.2 Å². The number of nitrogens with one attached hydrogen (secondary N) is 1. The molecule has 0 fully saturated rings. The van der Waals surface area contributed by atoms with Crippen molar-refractivity contribution in [3.8, 4) is 0 Å². The summed E-state index contributed by atoms with van der Waals surface area (Å²) >= 11 is 0. The van der Waals surface area contributed by atoms with Crippen LogP contribution in [0.25, 0.3) is 23.1 Å². The molecule has 0 spiro atoms. The van der Waals surface area contributed by atoms with Gasteiger partial charge in [-0.15, -0.1) is 0 Å². The van der Waals surface area contributed by atoms with Crippen LogP contribution in [0.2, 0.25) is 0 Å². The van der Waals surface area contributed by atoms with Gasteiger partial charge in [0, 0.05) is 10.9 Å². The Labute approximate surface area is 137 Å². The molecule has 0 saturated heterocycles. The van der Waals surface area contributed by atoms with Gasteiger partial charge in [-0.25, -0.2) is 0 Å². The fourth-order valence-electron chi connectivity index (χ4n) is 2.54. The zero-order chi connectivity index (χ0) is 16.4. The Morgan fingerprint density at radius 2 is 1.61 bits per heavy atom. The lowest BCUT2D eigenvalue weighted by molar-refractivity contribution is 0.595. The molecule has 2 nitrogen and oxygen atoms in total. The van der Waals surface area contributed by atoms with Crippen molar-refractivity contribution in [3.05, 3.63) is 65.4 Å². The molecule has 0 radical (unpaired) electrons. The lowest BCUT2D eigenvalue weighted by Gasteiger charge is -2.21. The molecule has 1 N–H and O–H groups in total. The molecule has 2 heteroatoms. The van der Waals surface area contributed by atoms with E-state index in [0.29, 0.717) is 0 Å². The van der Waals surface area contributed by atoms with Crippen molar-refractivity contribution in [2.75, 3.05) is 5.32 Å². The average molecular weight is 305 g/mol. The number of rotatable bonds is 3. The second kappa shape index (κ2) is 5.96. The summed E-state index contributed by atoms with van der Waals surface area (Å²) < 4.78 is 6.04. The van der Waals surface area contributed by atoms with Gasteiger partial charge in [-0.3, -0.25) is 0 Å². The van der Waals surface area contributed by atoms with Crippen LogP contribution in [0.1, 0.15) is 37.7 Å². The van der Waals surface area contributed by atoms with Gasteiger partial charge in [-0.05, 0) is 51.5 Å². The monoisotopic (exact) mass is 305 g/mol. The predicted octanol–water partition coefficient (Wildman–Crippen LogP) is 6.12. The van der Waals surface area contributed by atoms with E-state index in [9.17, 15) is 0 Å². The molecule has 1 heterocycles. The Kier molecular flexibility index (Phi) is 3.99. The molecule has 0 unspecified atom stereocenters. The van der Waals surface area contributed by atoms with E-state index in [4.69, 9.17) is 4.42 Å². The third-order valence-corrected chi connectivity index (χ3v) is 3.63. The minimum Gasteiger partial charge on any atom is -0.454 e. The number of hydrogen-bond acceptors (Lipinski definition) is 2. The summed E-state index contributed by atoms with van der Waals surface area (Å²) in [7, 11) is 0. The minimum atomic E-state index is -0.0287. The van der Waals surface area contributed by atoms with Gasteiger partial charge in [0.25, 0.3) is 0 Å². The van der Waals surface area contributed by atoms with E-state index in [0.717, 1.165) is 28.0 Å². The highest BCUT2D eigenvalue weighted by Crippen LogP contribution is 2.34. The number of benzene rings is 2. The number of anilines is 1. The summed E-state index contributed by atoms with van der Waals surface area (Å²) in [6.07, 6.45) is 4.13. The maximum atomic E-state index is 6.04. The fraction of sp³-hybridized carbons (Fsp3) is 0.238. The molecular weight excluding hydrogens is 282 g/mol. The summed E-state index contributed by atoms with van der Waals surface area (Å²) in [5, 5.41) is 4.69. The summed E-state index contributed by atoms with van der Waals surface area (Å²) in [6.45, 7) is 8.56. The van der Waals surface area contributed by atoms with Crippen LogP contribution in [0.5, 0.6) is 0 Å². The van der Waals surface area contributed by atoms with Crippen LogP contribution in [-0.2, 0) is 0 Å². The number of para-hydroxylation sites is 1. The number of furan rings is 1. The smallest absolute Gasteiger partial charge is 0.151 e. The quantitative estimate of drug-likeness (QED) is 0.630. The highest BCUT2D eigenvalue weighted by atomic mass is 16.3. The van der Waals surface area contributed by atoms with Crippen molar-refractivity contribution in [2.45, 2.75) is 33.2 Å². The highest BCUT2D eigenvalue weighted by Gasteiger charge is 2.17. The molecule has 3 rings (SSSR count). The maximum absolute atomic E-state index is 6.04. The van der Waals surface area contributed by atoms with Gasteiger partial charge in [0.15, 0.2) is 5.76 Å². The van der Waals surface area contributed by atoms with E-state index in [1.807, 2.05) is 24.3 Å². The zero-order valence-corrected chi connectivity index (χ0v) is 14.2. The van der Waals surface area contributed by atoms with Gasteiger partial charge in [0.05, 0.1) is 5.69 Å². The van der Waals surface area contributed by atoms with Crippen molar-refractivity contribution in [3.63, 3.8) is 0 Å². The first-order valence-electron chi connectivity index (χ1n) is 7.97. The van der Waals surface area contributed by atoms with E-state index >= 15 is 0 Å². The summed E-state index contributed by atoms with van der Waals surface area (Å²) in [6, 6.07) is 16.6. The molecule has 118 valence electrons. The molecule has 0 saturated carbocycles. The van der Waals surface area contributed by atoms with Crippen molar-refractivity contribution in [2.24, 2.45) is 0 Å². The molecule has 0 aliphatic rings. The first-order valence-corrected chi connectivity index (χ1v) is 7.97. The summed E-state index contributed by atoms with van der Waals surface area (Å²) in [4.78, 5) is 0. The van der Waals surface area contributed by atoms with Gasteiger partial charge < -0.3 is 9.73 Å². The van der Waals surface area contributed by atoms with Gasteiger partial charge in [-0.1, -0.05) is 48.0 Å². The van der Waals surface area contributed by atoms with Gasteiger partial charge in [-0.2, -0.15) is 0 Å². The first kappa shape index (κ1) is 15.4. The van der Waals surface area contributed by atoms with Crippen LogP contribution >= 0.6 is 0 Å². The number of aryl methyl sites for hydroxylation is 1. The van der Waals surface area contributed by atoms with Gasteiger partial charge in [0.1, 0.15) is 5.58 Å². The normalized spacial score (nSPS) is 12.2. The molecule has 0 aliphatic carbocycles. The van der Waals surface area contributed by atoms with Gasteiger partial charge in [0.2, 0.25) is 0 Å². The molecule has 0 atom stereocenters.